The second kappa shape index (κ2) is 2.37. The molecule has 6 heteroatoms. The van der Waals surface area contributed by atoms with Crippen LogP contribution in [-0.4, -0.2) is 8.42 Å². The van der Waals surface area contributed by atoms with E-state index < -0.39 is 10.0 Å². The predicted molar refractivity (Wildman–Crippen MR) is 37.8 cm³/mol. The summed E-state index contributed by atoms with van der Waals surface area (Å²) >= 11 is 3.01. The van der Waals surface area contributed by atoms with Gasteiger partial charge in [0.2, 0.25) is 5.09 Å². The third kappa shape index (κ3) is 1.59. The fourth-order valence-corrected chi connectivity index (χ4v) is 1.37. The molecule has 0 saturated heterocycles. The smallest absolute Gasteiger partial charge is 0.271 e. The van der Waals surface area contributed by atoms with Crippen LogP contribution >= 0.6 is 15.9 Å². The van der Waals surface area contributed by atoms with Crippen LogP contribution in [0.1, 0.15) is 0 Å². The van der Waals surface area contributed by atoms with E-state index in [-0.39, 0.29) is 5.09 Å². The SMILES string of the molecule is NS(=O)(=O)c1cc(Br)co1. The Morgan fingerprint density at radius 3 is 2.40 bits per heavy atom. The lowest BCUT2D eigenvalue weighted by molar-refractivity contribution is 0.450. The first-order valence-electron chi connectivity index (χ1n) is 2.27. The Balaban J connectivity index is 3.21. The maximum Gasteiger partial charge on any atom is 0.271 e. The molecule has 0 spiro atoms. The molecule has 10 heavy (non-hydrogen) atoms. The van der Waals surface area contributed by atoms with Gasteiger partial charge >= 0.3 is 0 Å². The molecule has 0 atom stereocenters. The fourth-order valence-electron chi connectivity index (χ4n) is 0.444. The summed E-state index contributed by atoms with van der Waals surface area (Å²) in [5, 5.41) is 4.49. The van der Waals surface area contributed by atoms with Crippen LogP contribution in [0, 0.1) is 0 Å². The number of furan rings is 1. The first-order valence-corrected chi connectivity index (χ1v) is 4.61. The van der Waals surface area contributed by atoms with E-state index in [1.165, 1.54) is 12.3 Å². The van der Waals surface area contributed by atoms with Gasteiger partial charge in [0.05, 0.1) is 4.47 Å². The minimum Gasteiger partial charge on any atom is -0.450 e. The summed E-state index contributed by atoms with van der Waals surface area (Å²) in [6, 6.07) is 1.29. The highest BCUT2D eigenvalue weighted by Crippen LogP contribution is 2.16. The highest BCUT2D eigenvalue weighted by atomic mass is 79.9. The normalized spacial score (nSPS) is 11.8. The van der Waals surface area contributed by atoms with Gasteiger partial charge in [-0.05, 0) is 15.9 Å². The Hall–Kier alpha value is -0.330. The van der Waals surface area contributed by atoms with E-state index in [1.54, 1.807) is 0 Å². The molecule has 0 fully saturated rings. The lowest BCUT2D eigenvalue weighted by atomic mass is 10.7. The van der Waals surface area contributed by atoms with Crippen molar-refractivity contribution in [1.82, 2.24) is 0 Å². The predicted octanol–water partition coefficient (Wildman–Crippen LogP) is 0.690. The molecule has 2 N–H and O–H groups in total. The second-order valence-corrected chi connectivity index (χ2v) is 4.04. The van der Waals surface area contributed by atoms with Gasteiger partial charge in [0.25, 0.3) is 10.0 Å². The largest absolute Gasteiger partial charge is 0.450 e. The average Bonchev–Trinajstić information content (AvgIpc) is 2.11. The minimum atomic E-state index is -3.68. The Morgan fingerprint density at radius 1 is 1.60 bits per heavy atom. The molecular formula is C4H4BrNO3S. The molecule has 0 radical (unpaired) electrons. The monoisotopic (exact) mass is 225 g/mol. The minimum absolute atomic E-state index is 0.237. The summed E-state index contributed by atoms with van der Waals surface area (Å²) < 4.78 is 26.1. The Kier molecular flexibility index (Phi) is 1.84. The summed E-state index contributed by atoms with van der Waals surface area (Å²) in [6.07, 6.45) is 1.25. The number of hydrogen-bond acceptors (Lipinski definition) is 3. The fraction of sp³-hybridized carbons (Fsp3) is 0. The van der Waals surface area contributed by atoms with E-state index in [0.717, 1.165) is 0 Å². The van der Waals surface area contributed by atoms with Gasteiger partial charge in [-0.1, -0.05) is 0 Å². The van der Waals surface area contributed by atoms with Gasteiger partial charge < -0.3 is 4.42 Å². The van der Waals surface area contributed by atoms with E-state index in [1.807, 2.05) is 0 Å². The Labute approximate surface area is 66.2 Å². The van der Waals surface area contributed by atoms with E-state index in [9.17, 15) is 8.42 Å². The zero-order valence-corrected chi connectivity index (χ0v) is 7.15. The molecule has 0 bridgehead atoms. The summed E-state index contributed by atoms with van der Waals surface area (Å²) in [6.45, 7) is 0. The van der Waals surface area contributed by atoms with E-state index in [2.05, 4.69) is 20.3 Å². The van der Waals surface area contributed by atoms with Gasteiger partial charge in [0, 0.05) is 6.07 Å². The molecule has 0 aliphatic carbocycles. The van der Waals surface area contributed by atoms with Crippen LogP contribution in [0.15, 0.2) is 26.3 Å². The van der Waals surface area contributed by atoms with Gasteiger partial charge in [0.1, 0.15) is 6.26 Å². The first kappa shape index (κ1) is 7.77. The molecule has 0 aliphatic rings. The van der Waals surface area contributed by atoms with Crippen LogP contribution in [-0.2, 0) is 10.0 Å². The molecule has 56 valence electrons. The molecule has 1 rings (SSSR count). The first-order chi connectivity index (χ1) is 4.50. The molecule has 0 amide bonds. The molecule has 0 aromatic carbocycles. The summed E-state index contributed by atoms with van der Waals surface area (Å²) in [7, 11) is -3.68. The van der Waals surface area contributed by atoms with Crippen molar-refractivity contribution in [3.8, 4) is 0 Å². The quantitative estimate of drug-likeness (QED) is 0.765. The second-order valence-electron chi connectivity index (χ2n) is 1.63. The van der Waals surface area contributed by atoms with Gasteiger partial charge in [-0.15, -0.1) is 0 Å². The topological polar surface area (TPSA) is 73.3 Å². The molecule has 0 saturated carbocycles. The molecule has 4 nitrogen and oxygen atoms in total. The van der Waals surface area contributed by atoms with Crippen LogP contribution in [0.2, 0.25) is 0 Å². The van der Waals surface area contributed by atoms with Crippen molar-refractivity contribution < 1.29 is 12.8 Å². The molecule has 0 unspecified atom stereocenters. The summed E-state index contributed by atoms with van der Waals surface area (Å²) in [4.78, 5) is 0. The molecule has 1 heterocycles. The standard InChI is InChI=1S/C4H4BrNO3S/c5-3-1-4(9-2-3)10(6,7)8/h1-2H,(H2,6,7,8). The highest BCUT2D eigenvalue weighted by Gasteiger charge is 2.11. The zero-order valence-electron chi connectivity index (χ0n) is 4.74. The number of sulfonamides is 1. The van der Waals surface area contributed by atoms with Crippen LogP contribution in [0.3, 0.4) is 0 Å². The molecule has 1 aromatic heterocycles. The van der Waals surface area contributed by atoms with Crippen molar-refractivity contribution in [2.45, 2.75) is 5.09 Å². The maximum absolute atomic E-state index is 10.5. The van der Waals surface area contributed by atoms with Crippen LogP contribution < -0.4 is 5.14 Å². The Bertz CT molecular complexity index is 328. The van der Waals surface area contributed by atoms with Crippen LogP contribution in [0.5, 0.6) is 0 Å². The third-order valence-electron chi connectivity index (χ3n) is 0.824. The Morgan fingerprint density at radius 2 is 2.20 bits per heavy atom. The molecular weight excluding hydrogens is 222 g/mol. The zero-order chi connectivity index (χ0) is 7.78. The van der Waals surface area contributed by atoms with Gasteiger partial charge in [-0.25, -0.2) is 13.6 Å². The van der Waals surface area contributed by atoms with Gasteiger partial charge in [0.15, 0.2) is 0 Å². The lowest BCUT2D eigenvalue weighted by Gasteiger charge is -1.86. The van der Waals surface area contributed by atoms with Crippen molar-refractivity contribution in [2.24, 2.45) is 5.14 Å². The van der Waals surface area contributed by atoms with Crippen molar-refractivity contribution >= 4 is 26.0 Å². The summed E-state index contributed by atoms with van der Waals surface area (Å²) in [5.41, 5.74) is 0. The number of hydrogen-bond donors (Lipinski definition) is 1. The lowest BCUT2D eigenvalue weighted by Crippen LogP contribution is -2.10. The number of rotatable bonds is 1. The van der Waals surface area contributed by atoms with E-state index >= 15 is 0 Å². The van der Waals surface area contributed by atoms with Crippen molar-refractivity contribution in [3.05, 3.63) is 16.8 Å². The molecule has 1 aromatic rings. The van der Waals surface area contributed by atoms with Gasteiger partial charge in [-0.2, -0.15) is 0 Å². The van der Waals surface area contributed by atoms with Crippen LogP contribution in [0.4, 0.5) is 0 Å². The number of primary sulfonamides is 1. The number of halogens is 1. The van der Waals surface area contributed by atoms with Gasteiger partial charge in [-0.3, -0.25) is 0 Å². The number of nitrogens with two attached hydrogens (primary N) is 1. The summed E-state index contributed by atoms with van der Waals surface area (Å²) in [5.74, 6) is 0. The van der Waals surface area contributed by atoms with E-state index in [4.69, 9.17) is 5.14 Å². The van der Waals surface area contributed by atoms with Crippen molar-refractivity contribution in [3.63, 3.8) is 0 Å². The third-order valence-corrected chi connectivity index (χ3v) is 2.01. The van der Waals surface area contributed by atoms with Crippen LogP contribution in [0.25, 0.3) is 0 Å². The van der Waals surface area contributed by atoms with E-state index in [0.29, 0.717) is 4.47 Å². The van der Waals surface area contributed by atoms with Crippen molar-refractivity contribution in [1.29, 1.82) is 0 Å². The highest BCUT2D eigenvalue weighted by molar-refractivity contribution is 9.10. The molecule has 0 aliphatic heterocycles. The maximum atomic E-state index is 10.5. The van der Waals surface area contributed by atoms with Crippen molar-refractivity contribution in [2.75, 3.05) is 0 Å². The average molecular weight is 226 g/mol.